The minimum atomic E-state index is 0.0768. The fourth-order valence-electron chi connectivity index (χ4n) is 2.22. The summed E-state index contributed by atoms with van der Waals surface area (Å²) < 4.78 is 0. The average Bonchev–Trinajstić information content (AvgIpc) is 3.02. The number of nitrogens with one attached hydrogen (secondary N) is 1. The van der Waals surface area contributed by atoms with Gasteiger partial charge in [0.05, 0.1) is 12.6 Å². The van der Waals surface area contributed by atoms with E-state index in [2.05, 4.69) is 35.3 Å². The van der Waals surface area contributed by atoms with Gasteiger partial charge in [-0.2, -0.15) is 0 Å². The summed E-state index contributed by atoms with van der Waals surface area (Å²) in [7, 11) is 0. The third-order valence-corrected chi connectivity index (χ3v) is 4.47. The second kappa shape index (κ2) is 7.96. The molecule has 1 N–H and O–H groups in total. The summed E-state index contributed by atoms with van der Waals surface area (Å²) >= 11 is 1.67. The zero-order valence-electron chi connectivity index (χ0n) is 12.6. The summed E-state index contributed by atoms with van der Waals surface area (Å²) in [5.74, 6) is 0.0775. The summed E-state index contributed by atoms with van der Waals surface area (Å²) in [6, 6.07) is 14.4. The van der Waals surface area contributed by atoms with Gasteiger partial charge in [-0.15, -0.1) is 11.3 Å². The molecule has 0 saturated carbocycles. The smallest absolute Gasteiger partial charge is 0.234 e. The first-order valence-electron chi connectivity index (χ1n) is 7.28. The maximum atomic E-state index is 12.2. The molecule has 1 aromatic heterocycles. The van der Waals surface area contributed by atoms with E-state index in [0.717, 1.165) is 13.1 Å². The van der Waals surface area contributed by atoms with Crippen LogP contribution in [0.25, 0.3) is 0 Å². The van der Waals surface area contributed by atoms with E-state index in [1.165, 1.54) is 10.4 Å². The van der Waals surface area contributed by atoms with Gasteiger partial charge < -0.3 is 5.32 Å². The van der Waals surface area contributed by atoms with Crippen LogP contribution < -0.4 is 5.32 Å². The molecular formula is C17H22N2OS. The number of thiophene rings is 1. The lowest BCUT2D eigenvalue weighted by Crippen LogP contribution is -2.37. The first-order valence-corrected chi connectivity index (χ1v) is 8.16. The van der Waals surface area contributed by atoms with Crippen LogP contribution in [0, 0.1) is 0 Å². The van der Waals surface area contributed by atoms with Crippen LogP contribution in [0.1, 0.15) is 30.3 Å². The van der Waals surface area contributed by atoms with Gasteiger partial charge in [-0.1, -0.05) is 43.3 Å². The Morgan fingerprint density at radius 2 is 2.00 bits per heavy atom. The van der Waals surface area contributed by atoms with Crippen molar-refractivity contribution in [3.63, 3.8) is 0 Å². The Balaban J connectivity index is 1.85. The molecule has 0 saturated heterocycles. The molecular weight excluding hydrogens is 280 g/mol. The summed E-state index contributed by atoms with van der Waals surface area (Å²) in [4.78, 5) is 15.5. The molecule has 21 heavy (non-hydrogen) atoms. The molecule has 0 aliphatic rings. The molecule has 0 fully saturated rings. The second-order valence-corrected chi connectivity index (χ2v) is 6.07. The Morgan fingerprint density at radius 1 is 1.24 bits per heavy atom. The van der Waals surface area contributed by atoms with Crippen molar-refractivity contribution in [2.75, 3.05) is 13.1 Å². The highest BCUT2D eigenvalue weighted by atomic mass is 32.1. The van der Waals surface area contributed by atoms with E-state index in [4.69, 9.17) is 0 Å². The van der Waals surface area contributed by atoms with E-state index in [-0.39, 0.29) is 11.9 Å². The van der Waals surface area contributed by atoms with E-state index in [1.54, 1.807) is 11.3 Å². The quantitative estimate of drug-likeness (QED) is 0.849. The first-order chi connectivity index (χ1) is 10.2. The number of amides is 1. The average molecular weight is 302 g/mol. The maximum Gasteiger partial charge on any atom is 0.234 e. The molecule has 0 bridgehead atoms. The van der Waals surface area contributed by atoms with E-state index in [1.807, 2.05) is 36.6 Å². The minimum absolute atomic E-state index is 0.0768. The van der Waals surface area contributed by atoms with Crippen molar-refractivity contribution in [2.45, 2.75) is 26.4 Å². The highest BCUT2D eigenvalue weighted by Crippen LogP contribution is 2.17. The molecule has 2 rings (SSSR count). The highest BCUT2D eigenvalue weighted by Gasteiger charge is 2.13. The van der Waals surface area contributed by atoms with Crippen molar-refractivity contribution in [1.29, 1.82) is 0 Å². The molecule has 1 atom stereocenters. The SMILES string of the molecule is CCN(CC(=O)NC(C)c1cccs1)Cc1ccccc1. The predicted octanol–water partition coefficient (Wildman–Crippen LogP) is 3.45. The van der Waals surface area contributed by atoms with Gasteiger partial charge in [0.15, 0.2) is 0 Å². The van der Waals surface area contributed by atoms with E-state index >= 15 is 0 Å². The van der Waals surface area contributed by atoms with Crippen LogP contribution in [0.4, 0.5) is 0 Å². The summed E-state index contributed by atoms with van der Waals surface area (Å²) in [5, 5.41) is 5.10. The highest BCUT2D eigenvalue weighted by molar-refractivity contribution is 7.10. The van der Waals surface area contributed by atoms with Crippen molar-refractivity contribution in [1.82, 2.24) is 10.2 Å². The fourth-order valence-corrected chi connectivity index (χ4v) is 2.95. The standard InChI is InChI=1S/C17H22N2OS/c1-3-19(12-15-8-5-4-6-9-15)13-17(20)18-14(2)16-10-7-11-21-16/h4-11,14H,3,12-13H2,1-2H3,(H,18,20). The van der Waals surface area contributed by atoms with Crippen molar-refractivity contribution in [2.24, 2.45) is 0 Å². The van der Waals surface area contributed by atoms with Gasteiger partial charge in [-0.3, -0.25) is 9.69 Å². The van der Waals surface area contributed by atoms with E-state index in [9.17, 15) is 4.79 Å². The molecule has 1 heterocycles. The number of nitrogens with zero attached hydrogens (tertiary/aromatic N) is 1. The van der Waals surface area contributed by atoms with Crippen molar-refractivity contribution >= 4 is 17.2 Å². The van der Waals surface area contributed by atoms with Crippen LogP contribution in [0.3, 0.4) is 0 Å². The monoisotopic (exact) mass is 302 g/mol. The summed E-state index contributed by atoms with van der Waals surface area (Å²) in [6.45, 7) is 6.20. The Hall–Kier alpha value is -1.65. The number of rotatable bonds is 7. The predicted molar refractivity (Wildman–Crippen MR) is 88.3 cm³/mol. The molecule has 0 aliphatic heterocycles. The fraction of sp³-hybridized carbons (Fsp3) is 0.353. The molecule has 1 unspecified atom stereocenters. The van der Waals surface area contributed by atoms with Crippen LogP contribution in [-0.2, 0) is 11.3 Å². The largest absolute Gasteiger partial charge is 0.348 e. The van der Waals surface area contributed by atoms with Crippen LogP contribution in [-0.4, -0.2) is 23.9 Å². The first kappa shape index (κ1) is 15.7. The lowest BCUT2D eigenvalue weighted by molar-refractivity contribution is -0.123. The minimum Gasteiger partial charge on any atom is -0.348 e. The third kappa shape index (κ3) is 4.99. The maximum absolute atomic E-state index is 12.2. The molecule has 1 aromatic carbocycles. The van der Waals surface area contributed by atoms with Gasteiger partial charge in [-0.25, -0.2) is 0 Å². The number of hydrogen-bond donors (Lipinski definition) is 1. The zero-order valence-corrected chi connectivity index (χ0v) is 13.4. The van der Waals surface area contributed by atoms with Gasteiger partial charge in [0.2, 0.25) is 5.91 Å². The molecule has 4 heteroatoms. The number of carbonyl (C=O) groups excluding carboxylic acids is 1. The van der Waals surface area contributed by atoms with Gasteiger partial charge >= 0.3 is 0 Å². The van der Waals surface area contributed by atoms with Gasteiger partial charge in [0.1, 0.15) is 0 Å². The molecule has 0 radical (unpaired) electrons. The molecule has 112 valence electrons. The Labute approximate surface area is 130 Å². The molecule has 0 spiro atoms. The lowest BCUT2D eigenvalue weighted by Gasteiger charge is -2.21. The van der Waals surface area contributed by atoms with Crippen molar-refractivity contribution in [3.8, 4) is 0 Å². The second-order valence-electron chi connectivity index (χ2n) is 5.09. The normalized spacial score (nSPS) is 12.3. The van der Waals surface area contributed by atoms with E-state index < -0.39 is 0 Å². The van der Waals surface area contributed by atoms with Crippen LogP contribution >= 0.6 is 11.3 Å². The number of hydrogen-bond acceptors (Lipinski definition) is 3. The molecule has 3 nitrogen and oxygen atoms in total. The number of likely N-dealkylation sites (N-methyl/N-ethyl adjacent to an activating group) is 1. The Morgan fingerprint density at radius 3 is 2.62 bits per heavy atom. The number of carbonyl (C=O) groups is 1. The van der Waals surface area contributed by atoms with Gasteiger partial charge in [-0.05, 0) is 30.5 Å². The Kier molecular flexibility index (Phi) is 5.96. The van der Waals surface area contributed by atoms with Gasteiger partial charge in [0, 0.05) is 11.4 Å². The molecule has 2 aromatic rings. The topological polar surface area (TPSA) is 32.3 Å². The van der Waals surface area contributed by atoms with Crippen molar-refractivity contribution in [3.05, 3.63) is 58.3 Å². The van der Waals surface area contributed by atoms with Crippen molar-refractivity contribution < 1.29 is 4.79 Å². The van der Waals surface area contributed by atoms with Crippen LogP contribution in [0.2, 0.25) is 0 Å². The van der Waals surface area contributed by atoms with Crippen LogP contribution in [0.15, 0.2) is 47.8 Å². The molecule has 1 amide bonds. The summed E-state index contributed by atoms with van der Waals surface area (Å²) in [5.41, 5.74) is 1.23. The summed E-state index contributed by atoms with van der Waals surface area (Å²) in [6.07, 6.45) is 0. The third-order valence-electron chi connectivity index (χ3n) is 3.41. The molecule has 0 aliphatic carbocycles. The Bertz CT molecular complexity index is 539. The lowest BCUT2D eigenvalue weighted by atomic mass is 10.2. The van der Waals surface area contributed by atoms with Gasteiger partial charge in [0.25, 0.3) is 0 Å². The zero-order chi connectivity index (χ0) is 15.1. The number of benzene rings is 1. The van der Waals surface area contributed by atoms with E-state index in [0.29, 0.717) is 6.54 Å². The van der Waals surface area contributed by atoms with Crippen LogP contribution in [0.5, 0.6) is 0 Å².